The van der Waals surface area contributed by atoms with Crippen molar-refractivity contribution in [3.63, 3.8) is 0 Å². The molecule has 1 aromatic heterocycles. The third-order valence-corrected chi connectivity index (χ3v) is 2.91. The SMILES string of the molecule is CC(C)OCC(=O)C1CCc2cccnc21. The Hall–Kier alpha value is -1.22. The Labute approximate surface area is 95.8 Å². The fourth-order valence-electron chi connectivity index (χ4n) is 2.08. The van der Waals surface area contributed by atoms with Gasteiger partial charge in [-0.2, -0.15) is 0 Å². The molecule has 86 valence electrons. The normalized spacial score (nSPS) is 18.8. The zero-order valence-electron chi connectivity index (χ0n) is 9.77. The quantitative estimate of drug-likeness (QED) is 0.778. The van der Waals surface area contributed by atoms with Gasteiger partial charge in [-0.15, -0.1) is 0 Å². The molecule has 1 unspecified atom stereocenters. The summed E-state index contributed by atoms with van der Waals surface area (Å²) in [5, 5.41) is 0. The summed E-state index contributed by atoms with van der Waals surface area (Å²) >= 11 is 0. The van der Waals surface area contributed by atoms with Gasteiger partial charge in [-0.25, -0.2) is 0 Å². The molecule has 0 fully saturated rings. The van der Waals surface area contributed by atoms with Crippen LogP contribution < -0.4 is 0 Å². The van der Waals surface area contributed by atoms with Crippen LogP contribution in [0.2, 0.25) is 0 Å². The number of ether oxygens (including phenoxy) is 1. The molecular formula is C13H17NO2. The lowest BCUT2D eigenvalue weighted by atomic mass is 10.0. The molecule has 1 aliphatic carbocycles. The maximum absolute atomic E-state index is 11.9. The molecule has 1 aliphatic rings. The summed E-state index contributed by atoms with van der Waals surface area (Å²) in [7, 11) is 0. The Morgan fingerprint density at radius 1 is 1.62 bits per heavy atom. The van der Waals surface area contributed by atoms with Crippen molar-refractivity contribution in [1.82, 2.24) is 4.98 Å². The van der Waals surface area contributed by atoms with Crippen molar-refractivity contribution >= 4 is 5.78 Å². The number of fused-ring (bicyclic) bond motifs is 1. The molecule has 3 heteroatoms. The summed E-state index contributed by atoms with van der Waals surface area (Å²) in [5.74, 6) is 0.112. The van der Waals surface area contributed by atoms with E-state index in [9.17, 15) is 4.79 Å². The van der Waals surface area contributed by atoms with Crippen molar-refractivity contribution in [2.75, 3.05) is 6.61 Å². The molecule has 16 heavy (non-hydrogen) atoms. The number of pyridine rings is 1. The fraction of sp³-hybridized carbons (Fsp3) is 0.538. The van der Waals surface area contributed by atoms with E-state index in [4.69, 9.17) is 4.74 Å². The summed E-state index contributed by atoms with van der Waals surface area (Å²) in [4.78, 5) is 16.3. The molecule has 0 spiro atoms. The molecule has 0 N–H and O–H groups in total. The number of hydrogen-bond donors (Lipinski definition) is 0. The predicted molar refractivity (Wildman–Crippen MR) is 61.4 cm³/mol. The number of carbonyl (C=O) groups excluding carboxylic acids is 1. The van der Waals surface area contributed by atoms with Crippen molar-refractivity contribution < 1.29 is 9.53 Å². The molecule has 2 rings (SSSR count). The molecule has 0 aliphatic heterocycles. The molecule has 0 bridgehead atoms. The highest BCUT2D eigenvalue weighted by molar-refractivity contribution is 5.87. The van der Waals surface area contributed by atoms with Gasteiger partial charge in [0.25, 0.3) is 0 Å². The standard InChI is InChI=1S/C13H17NO2/c1-9(2)16-8-12(15)11-6-5-10-4-3-7-14-13(10)11/h3-4,7,9,11H,5-6,8H2,1-2H3. The van der Waals surface area contributed by atoms with Crippen molar-refractivity contribution in [2.24, 2.45) is 0 Å². The minimum atomic E-state index is -0.0463. The van der Waals surface area contributed by atoms with Crippen molar-refractivity contribution in [2.45, 2.75) is 38.7 Å². The lowest BCUT2D eigenvalue weighted by molar-refractivity contribution is -0.126. The highest BCUT2D eigenvalue weighted by Gasteiger charge is 2.29. The maximum Gasteiger partial charge on any atom is 0.167 e. The van der Waals surface area contributed by atoms with Gasteiger partial charge in [0.05, 0.1) is 17.7 Å². The number of ketones is 1. The number of Topliss-reactive ketones (excluding diaryl/α,β-unsaturated/α-hetero) is 1. The highest BCUT2D eigenvalue weighted by atomic mass is 16.5. The Morgan fingerprint density at radius 3 is 3.19 bits per heavy atom. The molecule has 0 saturated heterocycles. The average molecular weight is 219 g/mol. The van der Waals surface area contributed by atoms with E-state index in [1.165, 1.54) is 5.56 Å². The van der Waals surface area contributed by atoms with Crippen LogP contribution in [0.25, 0.3) is 0 Å². The first-order valence-corrected chi connectivity index (χ1v) is 5.76. The molecule has 0 radical (unpaired) electrons. The van der Waals surface area contributed by atoms with Crippen molar-refractivity contribution in [3.8, 4) is 0 Å². The topological polar surface area (TPSA) is 39.2 Å². The monoisotopic (exact) mass is 219 g/mol. The second-order valence-corrected chi connectivity index (χ2v) is 4.47. The van der Waals surface area contributed by atoms with Crippen molar-refractivity contribution in [1.29, 1.82) is 0 Å². The lowest BCUT2D eigenvalue weighted by Gasteiger charge is -2.11. The Balaban J connectivity index is 2.04. The number of nitrogens with zero attached hydrogens (tertiary/aromatic N) is 1. The smallest absolute Gasteiger partial charge is 0.167 e. The van der Waals surface area contributed by atoms with Crippen LogP contribution >= 0.6 is 0 Å². The zero-order chi connectivity index (χ0) is 11.5. The van der Waals surface area contributed by atoms with Gasteiger partial charge >= 0.3 is 0 Å². The lowest BCUT2D eigenvalue weighted by Crippen LogP contribution is -2.19. The molecule has 1 heterocycles. The zero-order valence-corrected chi connectivity index (χ0v) is 9.77. The van der Waals surface area contributed by atoms with Crippen LogP contribution in [-0.2, 0) is 16.0 Å². The van der Waals surface area contributed by atoms with E-state index in [-0.39, 0.29) is 24.4 Å². The average Bonchev–Trinajstić information content (AvgIpc) is 2.69. The van der Waals surface area contributed by atoms with Gasteiger partial charge in [-0.3, -0.25) is 9.78 Å². The summed E-state index contributed by atoms with van der Waals surface area (Å²) in [6.07, 6.45) is 3.70. The minimum Gasteiger partial charge on any atom is -0.371 e. The number of aromatic nitrogens is 1. The molecule has 1 aromatic rings. The van der Waals surface area contributed by atoms with Gasteiger partial charge in [-0.05, 0) is 38.3 Å². The van der Waals surface area contributed by atoms with E-state index in [2.05, 4.69) is 11.1 Å². The second-order valence-electron chi connectivity index (χ2n) is 4.47. The van der Waals surface area contributed by atoms with E-state index < -0.39 is 0 Å². The van der Waals surface area contributed by atoms with Gasteiger partial charge < -0.3 is 4.74 Å². The third-order valence-electron chi connectivity index (χ3n) is 2.91. The van der Waals surface area contributed by atoms with Gasteiger partial charge in [0.2, 0.25) is 0 Å². The summed E-state index contributed by atoms with van der Waals surface area (Å²) < 4.78 is 5.35. The maximum atomic E-state index is 11.9. The molecule has 0 saturated carbocycles. The van der Waals surface area contributed by atoms with Gasteiger partial charge in [-0.1, -0.05) is 6.07 Å². The largest absolute Gasteiger partial charge is 0.371 e. The van der Waals surface area contributed by atoms with Crippen LogP contribution in [0, 0.1) is 0 Å². The third kappa shape index (κ3) is 2.30. The van der Waals surface area contributed by atoms with Crippen LogP contribution in [0.5, 0.6) is 0 Å². The summed E-state index contributed by atoms with van der Waals surface area (Å²) in [6.45, 7) is 4.08. The molecule has 0 aromatic carbocycles. The molecular weight excluding hydrogens is 202 g/mol. The van der Waals surface area contributed by atoms with E-state index >= 15 is 0 Å². The highest BCUT2D eigenvalue weighted by Crippen LogP contribution is 2.31. The van der Waals surface area contributed by atoms with E-state index in [0.717, 1.165) is 18.5 Å². The number of rotatable bonds is 4. The van der Waals surface area contributed by atoms with Gasteiger partial charge in [0.15, 0.2) is 5.78 Å². The molecule has 0 amide bonds. The first-order valence-electron chi connectivity index (χ1n) is 5.76. The first-order chi connectivity index (χ1) is 7.68. The second kappa shape index (κ2) is 4.74. The minimum absolute atomic E-state index is 0.0463. The Morgan fingerprint density at radius 2 is 2.44 bits per heavy atom. The van der Waals surface area contributed by atoms with Crippen LogP contribution in [0.1, 0.15) is 37.4 Å². The number of hydrogen-bond acceptors (Lipinski definition) is 3. The molecule has 1 atom stereocenters. The van der Waals surface area contributed by atoms with E-state index in [1.807, 2.05) is 19.9 Å². The van der Waals surface area contributed by atoms with Crippen LogP contribution in [-0.4, -0.2) is 23.5 Å². The van der Waals surface area contributed by atoms with Crippen LogP contribution in [0.15, 0.2) is 18.3 Å². The van der Waals surface area contributed by atoms with Gasteiger partial charge in [0.1, 0.15) is 6.61 Å². The van der Waals surface area contributed by atoms with E-state index in [1.54, 1.807) is 6.20 Å². The predicted octanol–water partition coefficient (Wildman–Crippen LogP) is 2.11. The van der Waals surface area contributed by atoms with Crippen LogP contribution in [0.3, 0.4) is 0 Å². The van der Waals surface area contributed by atoms with E-state index in [0.29, 0.717) is 0 Å². The number of carbonyl (C=O) groups is 1. The van der Waals surface area contributed by atoms with Gasteiger partial charge in [0, 0.05) is 6.20 Å². The summed E-state index contributed by atoms with van der Waals surface area (Å²) in [5.41, 5.74) is 2.17. The first kappa shape index (κ1) is 11.3. The Kier molecular flexibility index (Phi) is 3.34. The molecule has 3 nitrogen and oxygen atoms in total. The Bertz CT molecular complexity index is 387. The van der Waals surface area contributed by atoms with Crippen LogP contribution in [0.4, 0.5) is 0 Å². The summed E-state index contributed by atoms with van der Waals surface area (Å²) in [6, 6.07) is 3.98. The fourth-order valence-corrected chi connectivity index (χ4v) is 2.08. The van der Waals surface area contributed by atoms with Crippen molar-refractivity contribution in [3.05, 3.63) is 29.6 Å². The number of aryl methyl sites for hydroxylation is 1.